The van der Waals surface area contributed by atoms with Crippen molar-refractivity contribution in [2.45, 2.75) is 38.5 Å². The van der Waals surface area contributed by atoms with Gasteiger partial charge in [0.05, 0.1) is 31.4 Å². The van der Waals surface area contributed by atoms with Gasteiger partial charge in [-0.3, -0.25) is 9.89 Å². The lowest BCUT2D eigenvalue weighted by atomic mass is 10.1. The Morgan fingerprint density at radius 3 is 2.74 bits per heavy atom. The number of nitrogens with one attached hydrogen (secondary N) is 2. The molecule has 1 aliphatic heterocycles. The summed E-state index contributed by atoms with van der Waals surface area (Å²) in [6.45, 7) is 8.70. The van der Waals surface area contributed by atoms with Gasteiger partial charge in [0.1, 0.15) is 0 Å². The number of halogens is 1. The molecule has 0 radical (unpaired) electrons. The first-order valence-corrected chi connectivity index (χ1v) is 11.7. The Kier molecular flexibility index (Phi) is 11.8. The number of aliphatic hydroxyl groups is 1. The molecule has 0 amide bonds. The van der Waals surface area contributed by atoms with Crippen molar-refractivity contribution in [2.75, 3.05) is 39.3 Å². The predicted octanol–water partition coefficient (Wildman–Crippen LogP) is 3.29. The van der Waals surface area contributed by atoms with E-state index in [4.69, 9.17) is 4.74 Å². The molecule has 172 valence electrons. The van der Waals surface area contributed by atoms with Gasteiger partial charge < -0.3 is 20.5 Å². The number of guanidine groups is 1. The molecule has 2 aromatic rings. The lowest BCUT2D eigenvalue weighted by molar-refractivity contribution is -0.0334. The molecule has 1 aromatic heterocycles. The summed E-state index contributed by atoms with van der Waals surface area (Å²) >= 11 is 1.79. The van der Waals surface area contributed by atoms with E-state index in [1.165, 1.54) is 4.88 Å². The number of hydrogen-bond acceptors (Lipinski definition) is 5. The van der Waals surface area contributed by atoms with Crippen LogP contribution in [0.2, 0.25) is 0 Å². The van der Waals surface area contributed by atoms with E-state index in [1.807, 2.05) is 30.3 Å². The van der Waals surface area contributed by atoms with Crippen LogP contribution in [0.25, 0.3) is 0 Å². The largest absolute Gasteiger partial charge is 0.391 e. The van der Waals surface area contributed by atoms with E-state index in [9.17, 15) is 5.11 Å². The second-order valence-corrected chi connectivity index (χ2v) is 8.63. The summed E-state index contributed by atoms with van der Waals surface area (Å²) in [5.74, 6) is 0.743. The van der Waals surface area contributed by atoms with E-state index in [1.54, 1.807) is 11.3 Å². The highest BCUT2D eigenvalue weighted by Crippen LogP contribution is 2.26. The topological polar surface area (TPSA) is 69.1 Å². The molecule has 1 fully saturated rings. The van der Waals surface area contributed by atoms with E-state index < -0.39 is 6.10 Å². The molecule has 6 nitrogen and oxygen atoms in total. The van der Waals surface area contributed by atoms with Crippen molar-refractivity contribution in [1.82, 2.24) is 15.5 Å². The molecule has 3 atom stereocenters. The summed E-state index contributed by atoms with van der Waals surface area (Å²) in [6, 6.07) is 14.6. The number of aliphatic hydroxyl groups excluding tert-OH is 1. The van der Waals surface area contributed by atoms with Crippen LogP contribution in [-0.4, -0.2) is 67.5 Å². The fourth-order valence-corrected chi connectivity index (χ4v) is 4.56. The van der Waals surface area contributed by atoms with Crippen LogP contribution in [0.3, 0.4) is 0 Å². The zero-order chi connectivity index (χ0) is 21.2. The average Bonchev–Trinajstić information content (AvgIpc) is 3.27. The Morgan fingerprint density at radius 2 is 2.06 bits per heavy atom. The van der Waals surface area contributed by atoms with Gasteiger partial charge in [0, 0.05) is 37.5 Å². The van der Waals surface area contributed by atoms with Gasteiger partial charge >= 0.3 is 0 Å². The number of morpholine rings is 1. The van der Waals surface area contributed by atoms with Crippen LogP contribution in [0, 0.1) is 0 Å². The number of benzene rings is 1. The molecule has 31 heavy (non-hydrogen) atoms. The summed E-state index contributed by atoms with van der Waals surface area (Å²) in [6.07, 6.45) is 0.347. The van der Waals surface area contributed by atoms with Crippen LogP contribution in [0.1, 0.15) is 30.3 Å². The third-order valence-corrected chi connectivity index (χ3v) is 6.14. The maximum atomic E-state index is 10.4. The van der Waals surface area contributed by atoms with Crippen LogP contribution >= 0.6 is 35.3 Å². The molecular formula is C23H35IN4O2S. The molecule has 1 aliphatic rings. The monoisotopic (exact) mass is 558 g/mol. The third kappa shape index (κ3) is 8.69. The quantitative estimate of drug-likeness (QED) is 0.251. The van der Waals surface area contributed by atoms with E-state index >= 15 is 0 Å². The molecule has 0 bridgehead atoms. The van der Waals surface area contributed by atoms with Crippen molar-refractivity contribution >= 4 is 41.3 Å². The van der Waals surface area contributed by atoms with Crippen LogP contribution in [0.15, 0.2) is 52.8 Å². The van der Waals surface area contributed by atoms with Gasteiger partial charge in [-0.05, 0) is 30.9 Å². The normalized spacial score (nSPS) is 19.3. The number of ether oxygens (including phenoxy) is 1. The van der Waals surface area contributed by atoms with Gasteiger partial charge in [-0.1, -0.05) is 36.4 Å². The van der Waals surface area contributed by atoms with Crippen LogP contribution in [0.4, 0.5) is 0 Å². The Balaban J connectivity index is 0.00000341. The second kappa shape index (κ2) is 14.1. The summed E-state index contributed by atoms with van der Waals surface area (Å²) in [7, 11) is 0. The van der Waals surface area contributed by atoms with Crippen molar-refractivity contribution in [1.29, 1.82) is 0 Å². The Bertz CT molecular complexity index is 760. The highest BCUT2D eigenvalue weighted by molar-refractivity contribution is 14.0. The highest BCUT2D eigenvalue weighted by atomic mass is 127. The zero-order valence-corrected chi connectivity index (χ0v) is 21.5. The van der Waals surface area contributed by atoms with Gasteiger partial charge in [0.2, 0.25) is 0 Å². The number of thiophene rings is 1. The first kappa shape index (κ1) is 26.1. The fraction of sp³-hybridized carbons (Fsp3) is 0.522. The number of nitrogens with zero attached hydrogens (tertiary/aromatic N) is 2. The van der Waals surface area contributed by atoms with Gasteiger partial charge in [0.25, 0.3) is 0 Å². The van der Waals surface area contributed by atoms with E-state index in [-0.39, 0.29) is 36.1 Å². The molecule has 0 spiro atoms. The zero-order valence-electron chi connectivity index (χ0n) is 18.4. The first-order chi connectivity index (χ1) is 14.7. The molecule has 1 saturated heterocycles. The van der Waals surface area contributed by atoms with Crippen LogP contribution in [0.5, 0.6) is 0 Å². The lowest BCUT2D eigenvalue weighted by Gasteiger charge is -2.37. The van der Waals surface area contributed by atoms with Crippen molar-refractivity contribution in [3.05, 3.63) is 58.3 Å². The van der Waals surface area contributed by atoms with E-state index in [0.29, 0.717) is 13.0 Å². The minimum absolute atomic E-state index is 0. The number of hydrogen-bond donors (Lipinski definition) is 3. The Hall–Kier alpha value is -1.20. The number of aliphatic imine (C=N–C) groups is 1. The van der Waals surface area contributed by atoms with Crippen LogP contribution in [-0.2, 0) is 11.2 Å². The average molecular weight is 559 g/mol. The number of rotatable bonds is 9. The van der Waals surface area contributed by atoms with Crippen molar-refractivity contribution in [2.24, 2.45) is 4.99 Å². The molecule has 0 saturated carbocycles. The van der Waals surface area contributed by atoms with E-state index in [2.05, 4.69) is 51.9 Å². The second-order valence-electron chi connectivity index (χ2n) is 7.65. The Morgan fingerprint density at radius 1 is 1.26 bits per heavy atom. The molecule has 8 heteroatoms. The van der Waals surface area contributed by atoms with Gasteiger partial charge in [0.15, 0.2) is 5.96 Å². The van der Waals surface area contributed by atoms with E-state index in [0.717, 1.165) is 44.3 Å². The third-order valence-electron chi connectivity index (χ3n) is 5.17. The standard InChI is InChI=1S/C23H34N4O2S.HI/c1-3-24-23(25-15-20(28)14-19-8-5-4-6-9-19)26-16-21(22-10-7-13-30-22)27-11-12-29-18(2)17-27;/h4-10,13,18,20-21,28H,3,11-12,14-17H2,1-2H3,(H2,24,25,26);1H. The van der Waals surface area contributed by atoms with Crippen LogP contribution < -0.4 is 10.6 Å². The summed E-state index contributed by atoms with van der Waals surface area (Å²) in [5, 5.41) is 19.3. The predicted molar refractivity (Wildman–Crippen MR) is 140 cm³/mol. The molecule has 3 N–H and O–H groups in total. The lowest BCUT2D eigenvalue weighted by Crippen LogP contribution is -2.48. The van der Waals surface area contributed by atoms with Gasteiger partial charge in [-0.15, -0.1) is 35.3 Å². The smallest absolute Gasteiger partial charge is 0.191 e. The molecule has 0 aliphatic carbocycles. The summed E-state index contributed by atoms with van der Waals surface area (Å²) in [4.78, 5) is 8.46. The molecular weight excluding hydrogens is 523 g/mol. The van der Waals surface area contributed by atoms with Gasteiger partial charge in [-0.2, -0.15) is 0 Å². The molecule has 1 aromatic carbocycles. The summed E-state index contributed by atoms with van der Waals surface area (Å²) < 4.78 is 5.73. The molecule has 2 heterocycles. The minimum Gasteiger partial charge on any atom is -0.391 e. The minimum atomic E-state index is -0.504. The molecule has 3 rings (SSSR count). The fourth-order valence-electron chi connectivity index (χ4n) is 3.70. The maximum absolute atomic E-state index is 10.4. The first-order valence-electron chi connectivity index (χ1n) is 10.8. The van der Waals surface area contributed by atoms with Crippen molar-refractivity contribution < 1.29 is 9.84 Å². The van der Waals surface area contributed by atoms with Crippen molar-refractivity contribution in [3.8, 4) is 0 Å². The van der Waals surface area contributed by atoms with Gasteiger partial charge in [-0.25, -0.2) is 0 Å². The Labute approximate surface area is 207 Å². The maximum Gasteiger partial charge on any atom is 0.191 e. The highest BCUT2D eigenvalue weighted by Gasteiger charge is 2.26. The van der Waals surface area contributed by atoms with Crippen molar-refractivity contribution in [3.63, 3.8) is 0 Å². The molecule has 3 unspecified atom stereocenters. The summed E-state index contributed by atoms with van der Waals surface area (Å²) in [5.41, 5.74) is 1.12. The SMILES string of the molecule is CCNC(=NCC(O)Cc1ccccc1)NCC(c1cccs1)N1CCOC(C)C1.I.